The van der Waals surface area contributed by atoms with Gasteiger partial charge in [0.1, 0.15) is 0 Å². The van der Waals surface area contributed by atoms with E-state index in [-0.39, 0.29) is 12.5 Å². The van der Waals surface area contributed by atoms with E-state index in [1.807, 2.05) is 42.5 Å². The van der Waals surface area contributed by atoms with Crippen LogP contribution in [-0.2, 0) is 4.79 Å². The van der Waals surface area contributed by atoms with Crippen LogP contribution >= 0.6 is 0 Å². The van der Waals surface area contributed by atoms with E-state index < -0.39 is 0 Å². The summed E-state index contributed by atoms with van der Waals surface area (Å²) in [5.41, 5.74) is 3.02. The summed E-state index contributed by atoms with van der Waals surface area (Å²) in [4.78, 5) is 14.3. The SMILES string of the molecule is O=C(CNc1ccccc1)Nc1ccc(N2CCCC2)cc1. The van der Waals surface area contributed by atoms with Gasteiger partial charge in [0.25, 0.3) is 0 Å². The summed E-state index contributed by atoms with van der Waals surface area (Å²) in [5.74, 6) is -0.0437. The predicted octanol–water partition coefficient (Wildman–Crippen LogP) is 3.34. The molecule has 0 spiro atoms. The molecule has 0 saturated carbocycles. The molecule has 0 unspecified atom stereocenters. The van der Waals surface area contributed by atoms with E-state index in [2.05, 4.69) is 27.7 Å². The van der Waals surface area contributed by atoms with Crippen LogP contribution < -0.4 is 15.5 Å². The van der Waals surface area contributed by atoms with E-state index in [0.717, 1.165) is 24.5 Å². The van der Waals surface area contributed by atoms with Gasteiger partial charge in [0, 0.05) is 30.2 Å². The average molecular weight is 295 g/mol. The van der Waals surface area contributed by atoms with E-state index in [1.54, 1.807) is 0 Å². The normalized spacial score (nSPS) is 13.9. The number of amides is 1. The summed E-state index contributed by atoms with van der Waals surface area (Å²) in [6, 6.07) is 17.8. The van der Waals surface area contributed by atoms with Crippen LogP contribution in [-0.4, -0.2) is 25.5 Å². The quantitative estimate of drug-likeness (QED) is 0.889. The van der Waals surface area contributed by atoms with Gasteiger partial charge in [-0.3, -0.25) is 4.79 Å². The fourth-order valence-corrected chi connectivity index (χ4v) is 2.67. The van der Waals surface area contributed by atoms with Crippen LogP contribution in [0.3, 0.4) is 0 Å². The number of carbonyl (C=O) groups is 1. The van der Waals surface area contributed by atoms with Crippen molar-refractivity contribution in [1.29, 1.82) is 0 Å². The van der Waals surface area contributed by atoms with Crippen molar-refractivity contribution in [3.05, 3.63) is 54.6 Å². The lowest BCUT2D eigenvalue weighted by molar-refractivity contribution is -0.114. The zero-order valence-electron chi connectivity index (χ0n) is 12.6. The highest BCUT2D eigenvalue weighted by Gasteiger charge is 2.12. The molecule has 22 heavy (non-hydrogen) atoms. The number of nitrogens with zero attached hydrogens (tertiary/aromatic N) is 1. The Labute approximate surface area is 131 Å². The summed E-state index contributed by atoms with van der Waals surface area (Å²) < 4.78 is 0. The highest BCUT2D eigenvalue weighted by molar-refractivity contribution is 5.93. The number of nitrogens with one attached hydrogen (secondary N) is 2. The second-order valence-electron chi connectivity index (χ2n) is 5.51. The Morgan fingerprint density at radius 3 is 2.27 bits per heavy atom. The molecule has 0 aliphatic carbocycles. The molecule has 0 bridgehead atoms. The molecular weight excluding hydrogens is 274 g/mol. The zero-order valence-corrected chi connectivity index (χ0v) is 12.6. The standard InChI is InChI=1S/C18H21N3O/c22-18(14-19-15-6-2-1-3-7-15)20-16-8-10-17(11-9-16)21-12-4-5-13-21/h1-3,6-11,19H,4-5,12-14H2,(H,20,22). The van der Waals surface area contributed by atoms with Gasteiger partial charge in [0.05, 0.1) is 6.54 Å². The van der Waals surface area contributed by atoms with E-state index in [4.69, 9.17) is 0 Å². The van der Waals surface area contributed by atoms with E-state index >= 15 is 0 Å². The van der Waals surface area contributed by atoms with Gasteiger partial charge in [-0.1, -0.05) is 18.2 Å². The molecule has 0 aromatic heterocycles. The molecule has 0 radical (unpaired) electrons. The first-order valence-electron chi connectivity index (χ1n) is 7.75. The molecule has 1 aliphatic heterocycles. The third kappa shape index (κ3) is 3.79. The minimum absolute atomic E-state index is 0.0437. The molecule has 2 aromatic rings. The number of rotatable bonds is 5. The summed E-state index contributed by atoms with van der Waals surface area (Å²) >= 11 is 0. The van der Waals surface area contributed by atoms with Crippen molar-refractivity contribution in [3.8, 4) is 0 Å². The largest absolute Gasteiger partial charge is 0.376 e. The number of carbonyl (C=O) groups excluding carboxylic acids is 1. The van der Waals surface area contributed by atoms with Crippen molar-refractivity contribution >= 4 is 23.0 Å². The maximum atomic E-state index is 11.9. The molecule has 2 N–H and O–H groups in total. The Morgan fingerprint density at radius 2 is 1.59 bits per heavy atom. The lowest BCUT2D eigenvalue weighted by Crippen LogP contribution is -2.22. The van der Waals surface area contributed by atoms with Gasteiger partial charge in [-0.2, -0.15) is 0 Å². The lowest BCUT2D eigenvalue weighted by atomic mass is 10.2. The van der Waals surface area contributed by atoms with Crippen LogP contribution in [0.4, 0.5) is 17.1 Å². The fourth-order valence-electron chi connectivity index (χ4n) is 2.67. The molecule has 1 saturated heterocycles. The van der Waals surface area contributed by atoms with E-state index in [9.17, 15) is 4.79 Å². The number of hydrogen-bond donors (Lipinski definition) is 2. The second-order valence-corrected chi connectivity index (χ2v) is 5.51. The van der Waals surface area contributed by atoms with Gasteiger partial charge >= 0.3 is 0 Å². The number of benzene rings is 2. The second kappa shape index (κ2) is 6.98. The van der Waals surface area contributed by atoms with Crippen LogP contribution in [0.5, 0.6) is 0 Å². The Bertz CT molecular complexity index is 604. The van der Waals surface area contributed by atoms with Gasteiger partial charge in [-0.25, -0.2) is 0 Å². The van der Waals surface area contributed by atoms with Crippen LogP contribution in [0.25, 0.3) is 0 Å². The van der Waals surface area contributed by atoms with Crippen LogP contribution in [0.2, 0.25) is 0 Å². The Kier molecular flexibility index (Phi) is 4.59. The number of para-hydroxylation sites is 1. The highest BCUT2D eigenvalue weighted by atomic mass is 16.1. The molecule has 2 aromatic carbocycles. The highest BCUT2D eigenvalue weighted by Crippen LogP contribution is 2.21. The molecule has 1 heterocycles. The average Bonchev–Trinajstić information content (AvgIpc) is 3.09. The molecule has 114 valence electrons. The van der Waals surface area contributed by atoms with Gasteiger partial charge < -0.3 is 15.5 Å². The predicted molar refractivity (Wildman–Crippen MR) is 91.5 cm³/mol. The van der Waals surface area contributed by atoms with Crippen LogP contribution in [0, 0.1) is 0 Å². The minimum atomic E-state index is -0.0437. The van der Waals surface area contributed by atoms with Crippen LogP contribution in [0.15, 0.2) is 54.6 Å². The van der Waals surface area contributed by atoms with Crippen molar-refractivity contribution in [2.24, 2.45) is 0 Å². The van der Waals surface area contributed by atoms with Crippen molar-refractivity contribution in [2.45, 2.75) is 12.8 Å². The molecule has 4 heteroatoms. The van der Waals surface area contributed by atoms with Gasteiger partial charge in [-0.15, -0.1) is 0 Å². The fraction of sp³-hybridized carbons (Fsp3) is 0.278. The van der Waals surface area contributed by atoms with Crippen molar-refractivity contribution < 1.29 is 4.79 Å². The van der Waals surface area contributed by atoms with Crippen molar-refractivity contribution in [2.75, 3.05) is 35.2 Å². The smallest absolute Gasteiger partial charge is 0.243 e. The van der Waals surface area contributed by atoms with Gasteiger partial charge in [0.15, 0.2) is 0 Å². The summed E-state index contributed by atoms with van der Waals surface area (Å²) in [6.07, 6.45) is 2.54. The van der Waals surface area contributed by atoms with E-state index in [1.165, 1.54) is 18.5 Å². The summed E-state index contributed by atoms with van der Waals surface area (Å²) in [5, 5.41) is 6.01. The molecular formula is C18H21N3O. The first kappa shape index (κ1) is 14.4. The first-order valence-corrected chi connectivity index (χ1v) is 7.75. The summed E-state index contributed by atoms with van der Waals surface area (Å²) in [7, 11) is 0. The molecule has 1 fully saturated rings. The molecule has 1 amide bonds. The van der Waals surface area contributed by atoms with Gasteiger partial charge in [-0.05, 0) is 49.2 Å². The molecule has 0 atom stereocenters. The lowest BCUT2D eigenvalue weighted by Gasteiger charge is -2.17. The maximum Gasteiger partial charge on any atom is 0.243 e. The van der Waals surface area contributed by atoms with Crippen molar-refractivity contribution in [1.82, 2.24) is 0 Å². The monoisotopic (exact) mass is 295 g/mol. The third-order valence-corrected chi connectivity index (χ3v) is 3.85. The van der Waals surface area contributed by atoms with Gasteiger partial charge in [0.2, 0.25) is 5.91 Å². The van der Waals surface area contributed by atoms with Crippen LogP contribution in [0.1, 0.15) is 12.8 Å². The third-order valence-electron chi connectivity index (χ3n) is 3.85. The molecule has 4 nitrogen and oxygen atoms in total. The minimum Gasteiger partial charge on any atom is -0.376 e. The first-order chi connectivity index (χ1) is 10.8. The Morgan fingerprint density at radius 1 is 0.909 bits per heavy atom. The molecule has 1 aliphatic rings. The molecule has 3 rings (SSSR count). The summed E-state index contributed by atoms with van der Waals surface area (Å²) in [6.45, 7) is 2.53. The Hall–Kier alpha value is -2.49. The number of hydrogen-bond acceptors (Lipinski definition) is 3. The maximum absolute atomic E-state index is 11.9. The topological polar surface area (TPSA) is 44.4 Å². The zero-order chi connectivity index (χ0) is 15.2. The number of anilines is 3. The van der Waals surface area contributed by atoms with Crippen molar-refractivity contribution in [3.63, 3.8) is 0 Å². The van der Waals surface area contributed by atoms with E-state index in [0.29, 0.717) is 0 Å². The Balaban J connectivity index is 1.50.